The summed E-state index contributed by atoms with van der Waals surface area (Å²) in [6, 6.07) is 0. The third-order valence-electron chi connectivity index (χ3n) is 2.73. The molecular formula is C11H17N3O. The second-order valence-electron chi connectivity index (χ2n) is 3.78. The third kappa shape index (κ3) is 2.09. The van der Waals surface area contributed by atoms with Crippen LogP contribution in [0.15, 0.2) is 0 Å². The molecule has 1 aliphatic rings. The highest BCUT2D eigenvalue weighted by Gasteiger charge is 2.19. The van der Waals surface area contributed by atoms with E-state index in [9.17, 15) is 0 Å². The van der Waals surface area contributed by atoms with Crippen LogP contribution in [0.1, 0.15) is 23.5 Å². The number of ether oxygens (including phenoxy) is 1. The van der Waals surface area contributed by atoms with Crippen molar-refractivity contribution in [3.63, 3.8) is 0 Å². The van der Waals surface area contributed by atoms with E-state index in [1.54, 1.807) is 7.11 Å². The molecule has 4 heteroatoms. The normalized spacial score (nSPS) is 14.0. The molecule has 0 fully saturated rings. The second kappa shape index (κ2) is 4.57. The maximum Gasteiger partial charge on any atom is 0.219 e. The van der Waals surface area contributed by atoms with Crippen LogP contribution in [-0.4, -0.2) is 30.7 Å². The van der Waals surface area contributed by atoms with Gasteiger partial charge >= 0.3 is 0 Å². The molecule has 0 atom stereocenters. The predicted octanol–water partition coefficient (Wildman–Crippen LogP) is 0.736. The molecule has 2 rings (SSSR count). The van der Waals surface area contributed by atoms with Gasteiger partial charge in [-0.15, -0.1) is 0 Å². The van der Waals surface area contributed by atoms with Crippen LogP contribution in [0.2, 0.25) is 0 Å². The Balaban J connectivity index is 2.26. The van der Waals surface area contributed by atoms with E-state index >= 15 is 0 Å². The Bertz CT molecular complexity index is 352. The molecule has 0 aliphatic heterocycles. The van der Waals surface area contributed by atoms with Gasteiger partial charge in [-0.05, 0) is 26.3 Å². The molecule has 1 aromatic rings. The molecule has 82 valence electrons. The van der Waals surface area contributed by atoms with Gasteiger partial charge in [0.05, 0.1) is 12.8 Å². The lowest BCUT2D eigenvalue weighted by molar-refractivity contribution is 0.389. The van der Waals surface area contributed by atoms with E-state index < -0.39 is 0 Å². The van der Waals surface area contributed by atoms with E-state index in [0.29, 0.717) is 0 Å². The average molecular weight is 207 g/mol. The Morgan fingerprint density at radius 2 is 2.20 bits per heavy atom. The minimum Gasteiger partial charge on any atom is -0.481 e. The van der Waals surface area contributed by atoms with E-state index in [2.05, 4.69) is 15.3 Å². The summed E-state index contributed by atoms with van der Waals surface area (Å²) < 4.78 is 5.31. The summed E-state index contributed by atoms with van der Waals surface area (Å²) in [6.07, 6.45) is 4.17. The molecule has 0 radical (unpaired) electrons. The van der Waals surface area contributed by atoms with Gasteiger partial charge in [0.2, 0.25) is 5.88 Å². The summed E-state index contributed by atoms with van der Waals surface area (Å²) in [5.41, 5.74) is 2.40. The van der Waals surface area contributed by atoms with Crippen LogP contribution < -0.4 is 10.1 Å². The topological polar surface area (TPSA) is 47.0 Å². The quantitative estimate of drug-likeness (QED) is 0.791. The van der Waals surface area contributed by atoms with Crippen molar-refractivity contribution in [2.45, 2.75) is 25.7 Å². The summed E-state index contributed by atoms with van der Waals surface area (Å²) in [5.74, 6) is 1.67. The lowest BCUT2D eigenvalue weighted by atomic mass is 10.2. The number of hydrogen-bond acceptors (Lipinski definition) is 4. The van der Waals surface area contributed by atoms with Gasteiger partial charge in [-0.25, -0.2) is 4.98 Å². The van der Waals surface area contributed by atoms with Crippen molar-refractivity contribution in [1.29, 1.82) is 0 Å². The van der Waals surface area contributed by atoms with Crippen molar-refractivity contribution in [3.8, 4) is 5.88 Å². The van der Waals surface area contributed by atoms with E-state index in [0.717, 1.165) is 37.5 Å². The monoisotopic (exact) mass is 207 g/mol. The Kier molecular flexibility index (Phi) is 3.16. The van der Waals surface area contributed by atoms with Crippen LogP contribution in [0.25, 0.3) is 0 Å². The fourth-order valence-electron chi connectivity index (χ4n) is 1.96. The number of rotatable bonds is 4. The summed E-state index contributed by atoms with van der Waals surface area (Å²) in [4.78, 5) is 9.00. The summed E-state index contributed by atoms with van der Waals surface area (Å²) >= 11 is 0. The highest BCUT2D eigenvalue weighted by molar-refractivity contribution is 5.34. The Morgan fingerprint density at radius 1 is 1.33 bits per heavy atom. The fourth-order valence-corrected chi connectivity index (χ4v) is 1.96. The van der Waals surface area contributed by atoms with E-state index in [1.807, 2.05) is 7.05 Å². The number of methoxy groups -OCH3 is 1. The lowest BCUT2D eigenvalue weighted by Crippen LogP contribution is -2.13. The van der Waals surface area contributed by atoms with Crippen molar-refractivity contribution >= 4 is 0 Å². The maximum atomic E-state index is 5.31. The Morgan fingerprint density at radius 3 is 2.93 bits per heavy atom. The number of likely N-dealkylation sites (N-methyl/N-ethyl adjacent to an activating group) is 1. The molecule has 0 bridgehead atoms. The smallest absolute Gasteiger partial charge is 0.219 e. The summed E-state index contributed by atoms with van der Waals surface area (Å²) in [6.45, 7) is 0.905. The molecule has 1 heterocycles. The number of aryl methyl sites for hydroxylation is 1. The Labute approximate surface area is 90.1 Å². The first kappa shape index (κ1) is 10.4. The van der Waals surface area contributed by atoms with Crippen molar-refractivity contribution < 1.29 is 4.74 Å². The van der Waals surface area contributed by atoms with Crippen LogP contribution in [-0.2, 0) is 19.3 Å². The zero-order valence-electron chi connectivity index (χ0n) is 9.34. The number of nitrogens with zero attached hydrogens (tertiary/aromatic N) is 2. The first-order chi connectivity index (χ1) is 7.35. The highest BCUT2D eigenvalue weighted by Crippen LogP contribution is 2.27. The number of fused-ring (bicyclic) bond motifs is 1. The predicted molar refractivity (Wildman–Crippen MR) is 58.2 cm³/mol. The molecule has 0 saturated heterocycles. The molecule has 0 aromatic carbocycles. The molecule has 1 N–H and O–H groups in total. The van der Waals surface area contributed by atoms with E-state index in [1.165, 1.54) is 17.7 Å². The van der Waals surface area contributed by atoms with Gasteiger partial charge in [-0.2, -0.15) is 4.98 Å². The van der Waals surface area contributed by atoms with Crippen LogP contribution in [0.4, 0.5) is 0 Å². The first-order valence-electron chi connectivity index (χ1n) is 5.42. The minimum absolute atomic E-state index is 0.781. The molecule has 15 heavy (non-hydrogen) atoms. The highest BCUT2D eigenvalue weighted by atomic mass is 16.5. The van der Waals surface area contributed by atoms with Gasteiger partial charge in [0, 0.05) is 18.5 Å². The van der Waals surface area contributed by atoms with Gasteiger partial charge < -0.3 is 10.1 Å². The standard InChI is InChI=1S/C11H17N3O/c1-12-7-6-10-13-9-5-3-4-8(9)11(14-10)15-2/h12H,3-7H2,1-2H3. The van der Waals surface area contributed by atoms with E-state index in [4.69, 9.17) is 4.74 Å². The largest absolute Gasteiger partial charge is 0.481 e. The zero-order chi connectivity index (χ0) is 10.7. The molecule has 0 amide bonds. The molecule has 1 aromatic heterocycles. The molecule has 4 nitrogen and oxygen atoms in total. The zero-order valence-corrected chi connectivity index (χ0v) is 9.34. The number of nitrogens with one attached hydrogen (secondary N) is 1. The molecule has 0 spiro atoms. The van der Waals surface area contributed by atoms with Gasteiger partial charge in [-0.3, -0.25) is 0 Å². The number of hydrogen-bond donors (Lipinski definition) is 1. The van der Waals surface area contributed by atoms with Crippen LogP contribution in [0.3, 0.4) is 0 Å². The lowest BCUT2D eigenvalue weighted by Gasteiger charge is -2.08. The third-order valence-corrected chi connectivity index (χ3v) is 2.73. The van der Waals surface area contributed by atoms with Crippen molar-refractivity contribution in [2.24, 2.45) is 0 Å². The van der Waals surface area contributed by atoms with Crippen LogP contribution in [0, 0.1) is 0 Å². The van der Waals surface area contributed by atoms with Crippen LogP contribution >= 0.6 is 0 Å². The van der Waals surface area contributed by atoms with Gasteiger partial charge in [0.1, 0.15) is 5.82 Å². The SMILES string of the molecule is CNCCc1nc2c(c(OC)n1)CCC2. The summed E-state index contributed by atoms with van der Waals surface area (Å²) in [5, 5.41) is 3.10. The first-order valence-corrected chi connectivity index (χ1v) is 5.42. The van der Waals surface area contributed by atoms with Gasteiger partial charge in [0.25, 0.3) is 0 Å². The van der Waals surface area contributed by atoms with Crippen molar-refractivity contribution in [3.05, 3.63) is 17.1 Å². The minimum atomic E-state index is 0.781. The van der Waals surface area contributed by atoms with E-state index in [-0.39, 0.29) is 0 Å². The fraction of sp³-hybridized carbons (Fsp3) is 0.636. The average Bonchev–Trinajstić information content (AvgIpc) is 2.73. The number of aromatic nitrogens is 2. The maximum absolute atomic E-state index is 5.31. The van der Waals surface area contributed by atoms with Gasteiger partial charge in [-0.1, -0.05) is 0 Å². The molecule has 0 unspecified atom stereocenters. The van der Waals surface area contributed by atoms with Crippen molar-refractivity contribution in [1.82, 2.24) is 15.3 Å². The second-order valence-corrected chi connectivity index (χ2v) is 3.78. The summed E-state index contributed by atoms with van der Waals surface area (Å²) in [7, 11) is 3.62. The Hall–Kier alpha value is -1.16. The molecular weight excluding hydrogens is 190 g/mol. The van der Waals surface area contributed by atoms with Crippen molar-refractivity contribution in [2.75, 3.05) is 20.7 Å². The molecule has 0 saturated carbocycles. The molecule has 1 aliphatic carbocycles. The van der Waals surface area contributed by atoms with Crippen LogP contribution in [0.5, 0.6) is 5.88 Å². The van der Waals surface area contributed by atoms with Gasteiger partial charge in [0.15, 0.2) is 0 Å².